The van der Waals surface area contributed by atoms with Gasteiger partial charge >= 0.3 is 0 Å². The number of hydrogen-bond acceptors (Lipinski definition) is 3. The van der Waals surface area contributed by atoms with Crippen LogP contribution in [0.15, 0.2) is 17.2 Å². The molecule has 0 aliphatic rings. The average Bonchev–Trinajstić information content (AvgIpc) is 2.01. The van der Waals surface area contributed by atoms with Crippen LogP contribution in [0.1, 0.15) is 17.7 Å². The quantitative estimate of drug-likeness (QED) is 0.746. The zero-order valence-electron chi connectivity index (χ0n) is 7.04. The van der Waals surface area contributed by atoms with Crippen molar-refractivity contribution in [3.8, 4) is 0 Å². The molecule has 0 aliphatic carbocycles. The second-order valence-electron chi connectivity index (χ2n) is 2.61. The Morgan fingerprint density at radius 1 is 1.50 bits per heavy atom. The summed E-state index contributed by atoms with van der Waals surface area (Å²) in [6, 6.07) is 1.07. The van der Waals surface area contributed by atoms with Crippen molar-refractivity contribution in [3.63, 3.8) is 0 Å². The van der Waals surface area contributed by atoms with E-state index in [0.717, 1.165) is 12.3 Å². The SMILES string of the molecule is Cc1cc(S(=O)(=O)Cl)cnc1C(F)F. The van der Waals surface area contributed by atoms with Crippen LogP contribution in [0.4, 0.5) is 8.78 Å². The molecule has 1 aromatic heterocycles. The van der Waals surface area contributed by atoms with Crippen LogP contribution in [0, 0.1) is 6.92 Å². The molecule has 0 bridgehead atoms. The fraction of sp³-hybridized carbons (Fsp3) is 0.286. The molecule has 0 aromatic carbocycles. The third kappa shape index (κ3) is 2.39. The monoisotopic (exact) mass is 241 g/mol. The van der Waals surface area contributed by atoms with Crippen molar-refractivity contribution in [1.29, 1.82) is 0 Å². The summed E-state index contributed by atoms with van der Waals surface area (Å²) in [6.45, 7) is 1.35. The van der Waals surface area contributed by atoms with Gasteiger partial charge in [-0.3, -0.25) is 4.98 Å². The number of rotatable bonds is 2. The molecule has 0 aliphatic heterocycles. The fourth-order valence-corrected chi connectivity index (χ4v) is 1.67. The summed E-state index contributed by atoms with van der Waals surface area (Å²) in [7, 11) is 1.10. The van der Waals surface area contributed by atoms with Crippen molar-refractivity contribution in [2.75, 3.05) is 0 Å². The molecule has 78 valence electrons. The van der Waals surface area contributed by atoms with Gasteiger partial charge in [0.25, 0.3) is 15.5 Å². The van der Waals surface area contributed by atoms with Crippen LogP contribution in [0.2, 0.25) is 0 Å². The van der Waals surface area contributed by atoms with E-state index in [1.165, 1.54) is 6.92 Å². The van der Waals surface area contributed by atoms with Crippen LogP contribution in [0.25, 0.3) is 0 Å². The van der Waals surface area contributed by atoms with Gasteiger partial charge in [-0.2, -0.15) is 0 Å². The van der Waals surface area contributed by atoms with Crippen molar-refractivity contribution in [1.82, 2.24) is 4.98 Å². The molecule has 1 heterocycles. The van der Waals surface area contributed by atoms with Crippen molar-refractivity contribution in [2.24, 2.45) is 0 Å². The lowest BCUT2D eigenvalue weighted by molar-refractivity contribution is 0.145. The minimum atomic E-state index is -3.90. The van der Waals surface area contributed by atoms with Crippen molar-refractivity contribution in [2.45, 2.75) is 18.2 Å². The zero-order valence-corrected chi connectivity index (χ0v) is 8.61. The van der Waals surface area contributed by atoms with E-state index >= 15 is 0 Å². The lowest BCUT2D eigenvalue weighted by Gasteiger charge is -2.04. The lowest BCUT2D eigenvalue weighted by atomic mass is 10.2. The highest BCUT2D eigenvalue weighted by Gasteiger charge is 2.16. The predicted molar refractivity (Wildman–Crippen MR) is 47.0 cm³/mol. The Balaban J connectivity index is 3.27. The molecule has 0 atom stereocenters. The third-order valence-corrected chi connectivity index (χ3v) is 2.90. The van der Waals surface area contributed by atoms with E-state index < -0.39 is 21.2 Å². The fourth-order valence-electron chi connectivity index (χ4n) is 0.921. The number of hydrogen-bond donors (Lipinski definition) is 0. The van der Waals surface area contributed by atoms with Gasteiger partial charge in [0.1, 0.15) is 10.6 Å². The van der Waals surface area contributed by atoms with E-state index in [0.29, 0.717) is 0 Å². The smallest absolute Gasteiger partial charge is 0.254 e. The maximum absolute atomic E-state index is 12.2. The summed E-state index contributed by atoms with van der Waals surface area (Å²) in [6.07, 6.45) is -1.90. The molecule has 1 rings (SSSR count). The van der Waals surface area contributed by atoms with Gasteiger partial charge in [0.15, 0.2) is 0 Å². The molecule has 0 radical (unpaired) electrons. The molecule has 1 aromatic rings. The van der Waals surface area contributed by atoms with Gasteiger partial charge in [-0.25, -0.2) is 17.2 Å². The summed E-state index contributed by atoms with van der Waals surface area (Å²) in [4.78, 5) is 3.05. The first-order chi connectivity index (χ1) is 6.32. The van der Waals surface area contributed by atoms with Gasteiger partial charge in [0.05, 0.1) is 0 Å². The Labute approximate surface area is 84.1 Å². The molecule has 0 saturated heterocycles. The van der Waals surface area contributed by atoms with Crippen LogP contribution in [-0.4, -0.2) is 13.4 Å². The predicted octanol–water partition coefficient (Wildman–Crippen LogP) is 2.26. The second kappa shape index (κ2) is 3.78. The summed E-state index contributed by atoms with van der Waals surface area (Å²) in [5.41, 5.74) is -0.337. The summed E-state index contributed by atoms with van der Waals surface area (Å²) < 4.78 is 46.0. The van der Waals surface area contributed by atoms with E-state index in [1.54, 1.807) is 0 Å². The van der Waals surface area contributed by atoms with E-state index in [1.807, 2.05) is 0 Å². The maximum Gasteiger partial charge on any atom is 0.280 e. The average molecular weight is 242 g/mol. The van der Waals surface area contributed by atoms with E-state index in [2.05, 4.69) is 4.98 Å². The summed E-state index contributed by atoms with van der Waals surface area (Å²) in [5.74, 6) is 0. The van der Waals surface area contributed by atoms with E-state index in [-0.39, 0.29) is 10.5 Å². The third-order valence-electron chi connectivity index (χ3n) is 1.58. The molecule has 0 unspecified atom stereocenters. The first-order valence-corrected chi connectivity index (χ1v) is 5.82. The van der Waals surface area contributed by atoms with Crippen LogP contribution < -0.4 is 0 Å². The molecule has 7 heteroatoms. The number of aryl methyl sites for hydroxylation is 1. The molecule has 0 N–H and O–H groups in total. The minimum Gasteiger partial charge on any atom is -0.254 e. The molecular formula is C7H6ClF2NO2S. The number of halogens is 3. The highest BCUT2D eigenvalue weighted by Crippen LogP contribution is 2.23. The van der Waals surface area contributed by atoms with Gasteiger partial charge in [-0.1, -0.05) is 0 Å². The van der Waals surface area contributed by atoms with Crippen LogP contribution in [-0.2, 0) is 9.05 Å². The highest BCUT2D eigenvalue weighted by atomic mass is 35.7. The number of pyridine rings is 1. The Bertz CT molecular complexity index is 447. The normalized spacial score (nSPS) is 12.1. The molecule has 0 saturated carbocycles. The zero-order chi connectivity index (χ0) is 10.9. The van der Waals surface area contributed by atoms with Crippen LogP contribution >= 0.6 is 10.7 Å². The Morgan fingerprint density at radius 3 is 2.43 bits per heavy atom. The Kier molecular flexibility index (Phi) is 3.06. The largest absolute Gasteiger partial charge is 0.280 e. The first-order valence-electron chi connectivity index (χ1n) is 3.51. The molecule has 0 fully saturated rings. The van der Waals surface area contributed by atoms with Gasteiger partial charge in [0, 0.05) is 16.9 Å². The molecule has 3 nitrogen and oxygen atoms in total. The minimum absolute atomic E-state index is 0.0988. The molecular weight excluding hydrogens is 236 g/mol. The van der Waals surface area contributed by atoms with Crippen LogP contribution in [0.3, 0.4) is 0 Å². The van der Waals surface area contributed by atoms with Gasteiger partial charge < -0.3 is 0 Å². The van der Waals surface area contributed by atoms with E-state index in [9.17, 15) is 17.2 Å². The Morgan fingerprint density at radius 2 is 2.07 bits per heavy atom. The molecule has 14 heavy (non-hydrogen) atoms. The lowest BCUT2D eigenvalue weighted by Crippen LogP contribution is -1.99. The number of alkyl halides is 2. The van der Waals surface area contributed by atoms with Gasteiger partial charge in [-0.05, 0) is 18.6 Å². The summed E-state index contributed by atoms with van der Waals surface area (Å²) >= 11 is 0. The first kappa shape index (κ1) is 11.3. The summed E-state index contributed by atoms with van der Waals surface area (Å²) in [5, 5.41) is 0. The Hall–Kier alpha value is -0.750. The van der Waals surface area contributed by atoms with Crippen molar-refractivity contribution in [3.05, 3.63) is 23.5 Å². The molecule has 0 spiro atoms. The van der Waals surface area contributed by atoms with Crippen molar-refractivity contribution >= 4 is 19.7 Å². The topological polar surface area (TPSA) is 47.0 Å². The maximum atomic E-state index is 12.2. The van der Waals surface area contributed by atoms with Crippen LogP contribution in [0.5, 0.6) is 0 Å². The van der Waals surface area contributed by atoms with Crippen molar-refractivity contribution < 1.29 is 17.2 Å². The molecule has 0 amide bonds. The second-order valence-corrected chi connectivity index (χ2v) is 5.18. The number of aromatic nitrogens is 1. The standard InChI is InChI=1S/C7H6ClF2NO2S/c1-4-2-5(14(8,12)13)3-11-6(4)7(9)10/h2-3,7H,1H3. The van der Waals surface area contributed by atoms with Gasteiger partial charge in [-0.15, -0.1) is 0 Å². The number of nitrogens with zero attached hydrogens (tertiary/aromatic N) is 1. The van der Waals surface area contributed by atoms with Gasteiger partial charge in [0.2, 0.25) is 0 Å². The van der Waals surface area contributed by atoms with E-state index in [4.69, 9.17) is 10.7 Å². The highest BCUT2D eigenvalue weighted by molar-refractivity contribution is 8.13.